The van der Waals surface area contributed by atoms with Crippen molar-refractivity contribution in [1.29, 1.82) is 0 Å². The number of phosphoric acid groups is 2. The van der Waals surface area contributed by atoms with E-state index in [4.69, 9.17) is 37.0 Å². The van der Waals surface area contributed by atoms with E-state index >= 15 is 0 Å². The predicted octanol–water partition coefficient (Wildman–Crippen LogP) is 21.7. The average molecular weight is 1380 g/mol. The number of rotatable bonds is 72. The molecular weight excluding hydrogens is 1230 g/mol. The molecule has 0 bridgehead atoms. The zero-order chi connectivity index (χ0) is 69.6. The summed E-state index contributed by atoms with van der Waals surface area (Å²) < 4.78 is 68.4. The summed E-state index contributed by atoms with van der Waals surface area (Å²) in [6, 6.07) is 0. The molecule has 3 N–H and O–H groups in total. The maximum atomic E-state index is 13.1. The number of phosphoric ester groups is 2. The van der Waals surface area contributed by atoms with Crippen LogP contribution in [0.5, 0.6) is 0 Å². The lowest BCUT2D eigenvalue weighted by atomic mass is 10.0. The first-order valence-corrected chi connectivity index (χ1v) is 41.7. The Hall–Kier alpha value is -1.94. The quantitative estimate of drug-likeness (QED) is 0.0222. The van der Waals surface area contributed by atoms with Crippen molar-refractivity contribution in [2.75, 3.05) is 39.6 Å². The molecule has 0 radical (unpaired) electrons. The smallest absolute Gasteiger partial charge is 0.462 e. The summed E-state index contributed by atoms with van der Waals surface area (Å²) in [5, 5.41) is 10.6. The Balaban J connectivity index is 5.21. The molecule has 17 nitrogen and oxygen atoms in total. The fraction of sp³-hybridized carbons (Fsp3) is 0.947. The van der Waals surface area contributed by atoms with Gasteiger partial charge in [-0.3, -0.25) is 37.3 Å². The van der Waals surface area contributed by atoms with E-state index in [-0.39, 0.29) is 25.7 Å². The second-order valence-corrected chi connectivity index (χ2v) is 31.9. The van der Waals surface area contributed by atoms with Crippen LogP contribution in [0.3, 0.4) is 0 Å². The van der Waals surface area contributed by atoms with Crippen LogP contribution in [0.2, 0.25) is 0 Å². The number of carbonyl (C=O) groups excluding carboxylic acids is 4. The first-order chi connectivity index (χ1) is 45.1. The molecule has 0 spiro atoms. The highest BCUT2D eigenvalue weighted by Crippen LogP contribution is 2.45. The van der Waals surface area contributed by atoms with Crippen LogP contribution < -0.4 is 0 Å². The van der Waals surface area contributed by atoms with E-state index in [0.29, 0.717) is 31.6 Å². The number of aliphatic hydroxyl groups excluding tert-OH is 1. The Labute approximate surface area is 575 Å². The van der Waals surface area contributed by atoms with Gasteiger partial charge in [0.15, 0.2) is 12.2 Å². The lowest BCUT2D eigenvalue weighted by Crippen LogP contribution is -2.30. The van der Waals surface area contributed by atoms with E-state index in [9.17, 15) is 43.2 Å². The Morgan fingerprint density at radius 2 is 0.447 bits per heavy atom. The molecule has 0 amide bonds. The van der Waals surface area contributed by atoms with Crippen molar-refractivity contribution in [2.24, 2.45) is 23.7 Å². The molecular formula is C75H146O17P2. The molecule has 0 rings (SSSR count). The highest BCUT2D eigenvalue weighted by atomic mass is 31.2. The summed E-state index contributed by atoms with van der Waals surface area (Å²) in [5.74, 6) is 0.882. The maximum absolute atomic E-state index is 13.1. The Kier molecular flexibility index (Phi) is 63.1. The van der Waals surface area contributed by atoms with E-state index < -0.39 is 97.5 Å². The summed E-state index contributed by atoms with van der Waals surface area (Å²) in [6.45, 7) is 14.1. The molecule has 0 aliphatic rings. The second-order valence-electron chi connectivity index (χ2n) is 28.9. The van der Waals surface area contributed by atoms with Gasteiger partial charge in [-0.25, -0.2) is 9.13 Å². The van der Waals surface area contributed by atoms with Gasteiger partial charge in [0.2, 0.25) is 0 Å². The molecule has 0 saturated heterocycles. The minimum atomic E-state index is -4.96. The summed E-state index contributed by atoms with van der Waals surface area (Å²) >= 11 is 0. The van der Waals surface area contributed by atoms with Crippen molar-refractivity contribution in [3.8, 4) is 0 Å². The van der Waals surface area contributed by atoms with E-state index in [1.165, 1.54) is 173 Å². The number of carbonyl (C=O) groups is 4. The van der Waals surface area contributed by atoms with E-state index in [2.05, 4.69) is 55.4 Å². The zero-order valence-corrected chi connectivity index (χ0v) is 63.4. The summed E-state index contributed by atoms with van der Waals surface area (Å²) in [5.41, 5.74) is 0. The van der Waals surface area contributed by atoms with Gasteiger partial charge in [-0.1, -0.05) is 325 Å². The van der Waals surface area contributed by atoms with Crippen LogP contribution >= 0.6 is 15.6 Å². The van der Waals surface area contributed by atoms with Gasteiger partial charge in [-0.05, 0) is 49.4 Å². The molecule has 0 fully saturated rings. The molecule has 0 aliphatic carbocycles. The third-order valence-corrected chi connectivity index (χ3v) is 19.2. The van der Waals surface area contributed by atoms with Crippen molar-refractivity contribution in [3.05, 3.63) is 0 Å². The third-order valence-electron chi connectivity index (χ3n) is 17.3. The van der Waals surface area contributed by atoms with Gasteiger partial charge < -0.3 is 33.8 Å². The lowest BCUT2D eigenvalue weighted by molar-refractivity contribution is -0.161. The standard InChI is InChI=1S/C75H146O17P2/c1-65(2)51-43-35-27-20-15-13-11-9-10-12-14-16-23-31-39-47-55-72(77)85-61-70(91-74(79)57-49-41-32-24-18-17-21-28-36-44-52-66(3)4)63-89-93(81,82)87-59-69(76)60-88-94(83,84)90-64-71(62-86-73(78)56-48-40-34-26-30-38-46-54-68(7)8)92-75(80)58-50-42-33-25-19-22-29-37-45-53-67(5)6/h65-71,76H,9-64H2,1-8H3,(H,81,82)(H,83,84)/t69?,70-,71-/m1/s1. The minimum Gasteiger partial charge on any atom is -0.462 e. The highest BCUT2D eigenvalue weighted by Gasteiger charge is 2.30. The van der Waals surface area contributed by atoms with Gasteiger partial charge in [0, 0.05) is 25.7 Å². The third kappa shape index (κ3) is 68.6. The van der Waals surface area contributed by atoms with Crippen LogP contribution in [0, 0.1) is 23.7 Å². The van der Waals surface area contributed by atoms with Crippen molar-refractivity contribution in [1.82, 2.24) is 0 Å². The molecule has 0 saturated carbocycles. The number of ether oxygens (including phenoxy) is 4. The number of hydrogen-bond donors (Lipinski definition) is 3. The molecule has 0 aromatic carbocycles. The van der Waals surface area contributed by atoms with Gasteiger partial charge in [-0.2, -0.15) is 0 Å². The number of hydrogen-bond acceptors (Lipinski definition) is 15. The monoisotopic (exact) mass is 1380 g/mol. The largest absolute Gasteiger partial charge is 0.472 e. The topological polar surface area (TPSA) is 237 Å². The van der Waals surface area contributed by atoms with Gasteiger partial charge in [-0.15, -0.1) is 0 Å². The molecule has 0 heterocycles. The van der Waals surface area contributed by atoms with E-state index in [0.717, 1.165) is 114 Å². The molecule has 0 aromatic heterocycles. The molecule has 5 atom stereocenters. The SMILES string of the molecule is CC(C)CCCCCCCCCCCCCCCCCCC(=O)OC[C@H](COP(=O)(O)OCC(O)COP(=O)(O)OC[C@@H](COC(=O)CCCCCCCCCC(C)C)OC(=O)CCCCCCCCCCCC(C)C)OC(=O)CCCCCCCCCCCCC(C)C. The van der Waals surface area contributed by atoms with Crippen molar-refractivity contribution in [2.45, 2.75) is 395 Å². The van der Waals surface area contributed by atoms with Crippen LogP contribution in [0.25, 0.3) is 0 Å². The van der Waals surface area contributed by atoms with Crippen LogP contribution in [0.1, 0.15) is 376 Å². The van der Waals surface area contributed by atoms with Gasteiger partial charge >= 0.3 is 39.5 Å². The van der Waals surface area contributed by atoms with E-state index in [1.54, 1.807) is 0 Å². The molecule has 94 heavy (non-hydrogen) atoms. The average Bonchev–Trinajstić information content (AvgIpc) is 2.75. The number of unbranched alkanes of at least 4 members (excludes halogenated alkanes) is 38. The summed E-state index contributed by atoms with van der Waals surface area (Å²) in [7, 11) is -9.91. The molecule has 558 valence electrons. The fourth-order valence-corrected chi connectivity index (χ4v) is 13.0. The van der Waals surface area contributed by atoms with Crippen molar-refractivity contribution >= 4 is 39.5 Å². The normalized spacial score (nSPS) is 14.2. The Morgan fingerprint density at radius 3 is 0.660 bits per heavy atom. The number of esters is 4. The molecule has 19 heteroatoms. The van der Waals surface area contributed by atoms with Gasteiger partial charge in [0.25, 0.3) is 0 Å². The van der Waals surface area contributed by atoms with Crippen LogP contribution in [0.4, 0.5) is 0 Å². The van der Waals surface area contributed by atoms with Crippen molar-refractivity contribution in [3.63, 3.8) is 0 Å². The number of aliphatic hydroxyl groups is 1. The van der Waals surface area contributed by atoms with Gasteiger partial charge in [0.1, 0.15) is 19.3 Å². The van der Waals surface area contributed by atoms with Gasteiger partial charge in [0.05, 0.1) is 26.4 Å². The summed E-state index contributed by atoms with van der Waals surface area (Å²) in [6.07, 6.45) is 48.7. The van der Waals surface area contributed by atoms with E-state index in [1.807, 2.05) is 0 Å². The van der Waals surface area contributed by atoms with Crippen LogP contribution in [-0.2, 0) is 65.4 Å². The first-order valence-electron chi connectivity index (χ1n) is 38.7. The maximum Gasteiger partial charge on any atom is 0.472 e. The minimum absolute atomic E-state index is 0.104. The fourth-order valence-electron chi connectivity index (χ4n) is 11.4. The lowest BCUT2D eigenvalue weighted by Gasteiger charge is -2.21. The zero-order valence-electron chi connectivity index (χ0n) is 61.6. The molecule has 0 aromatic rings. The van der Waals surface area contributed by atoms with Crippen molar-refractivity contribution < 1.29 is 80.2 Å². The van der Waals surface area contributed by atoms with Crippen LogP contribution in [-0.4, -0.2) is 96.7 Å². The summed E-state index contributed by atoms with van der Waals surface area (Å²) in [4.78, 5) is 72.7. The first kappa shape index (κ1) is 92.1. The predicted molar refractivity (Wildman–Crippen MR) is 381 cm³/mol. The second kappa shape index (κ2) is 64.4. The molecule has 0 aliphatic heterocycles. The molecule has 3 unspecified atom stereocenters. The Bertz CT molecular complexity index is 1850. The van der Waals surface area contributed by atoms with Crippen LogP contribution in [0.15, 0.2) is 0 Å². The Morgan fingerprint density at radius 1 is 0.266 bits per heavy atom. The highest BCUT2D eigenvalue weighted by molar-refractivity contribution is 7.47.